The van der Waals surface area contributed by atoms with Crippen molar-refractivity contribution in [2.24, 2.45) is 0 Å². The first-order valence-corrected chi connectivity index (χ1v) is 25.7. The molecule has 0 radical (unpaired) electrons. The lowest BCUT2D eigenvalue weighted by Gasteiger charge is -2.31. The molecule has 0 aliphatic heterocycles. The summed E-state index contributed by atoms with van der Waals surface area (Å²) in [6, 6.07) is 108. The molecule has 0 saturated heterocycles. The van der Waals surface area contributed by atoms with Crippen LogP contribution in [0.2, 0.25) is 0 Å². The first-order valence-electron chi connectivity index (χ1n) is 25.7. The highest BCUT2D eigenvalue weighted by Gasteiger charge is 2.33. The zero-order chi connectivity index (χ0) is 49.0. The van der Waals surface area contributed by atoms with Gasteiger partial charge >= 0.3 is 0 Å². The van der Waals surface area contributed by atoms with Crippen LogP contribution in [0.1, 0.15) is 0 Å². The highest BCUT2D eigenvalue weighted by Crippen LogP contribution is 2.61. The number of rotatable bonds is 8. The molecule has 344 valence electrons. The van der Waals surface area contributed by atoms with Gasteiger partial charge in [-0.3, -0.25) is 0 Å². The Bertz CT molecular complexity index is 4090. The van der Waals surface area contributed by atoms with Gasteiger partial charge in [0.1, 0.15) is 0 Å². The first-order chi connectivity index (χ1) is 36.8. The minimum absolute atomic E-state index is 1.16. The second-order valence-corrected chi connectivity index (χ2v) is 19.3. The molecule has 74 heavy (non-hydrogen) atoms. The monoisotopic (exact) mass is 936 g/mol. The van der Waals surface area contributed by atoms with Gasteiger partial charge in [0.25, 0.3) is 0 Å². The first kappa shape index (κ1) is 43.2. The van der Waals surface area contributed by atoms with Crippen molar-refractivity contribution in [3.05, 3.63) is 291 Å². The summed E-state index contributed by atoms with van der Waals surface area (Å²) in [6.07, 6.45) is 0. The molecule has 0 aliphatic carbocycles. The summed E-state index contributed by atoms with van der Waals surface area (Å²) in [5.41, 5.74) is 19.0. The van der Waals surface area contributed by atoms with E-state index in [2.05, 4.69) is 291 Å². The van der Waals surface area contributed by atoms with Crippen LogP contribution in [-0.2, 0) is 0 Å². The summed E-state index contributed by atoms with van der Waals surface area (Å²) in [5, 5.41) is 12.3. The largest absolute Gasteiger partial charge is 0.0622 e. The summed E-state index contributed by atoms with van der Waals surface area (Å²) < 4.78 is 0. The van der Waals surface area contributed by atoms with Gasteiger partial charge in [-0.2, -0.15) is 0 Å². The summed E-state index contributed by atoms with van der Waals surface area (Å²) in [5.74, 6) is 0. The van der Waals surface area contributed by atoms with E-state index >= 15 is 0 Å². The zero-order valence-electron chi connectivity index (χ0n) is 40.7. The molecule has 0 heteroatoms. The Morgan fingerprint density at radius 2 is 0.270 bits per heavy atom. The van der Waals surface area contributed by atoms with Crippen LogP contribution in [0.15, 0.2) is 291 Å². The molecule has 0 amide bonds. The second kappa shape index (κ2) is 18.2. The van der Waals surface area contributed by atoms with Crippen LogP contribution in [0.3, 0.4) is 0 Å². The zero-order valence-corrected chi connectivity index (χ0v) is 40.7. The van der Waals surface area contributed by atoms with Gasteiger partial charge in [-0.1, -0.05) is 291 Å². The summed E-state index contributed by atoms with van der Waals surface area (Å²) in [4.78, 5) is 0. The Balaban J connectivity index is 1.46. The Labute approximate surface area is 431 Å². The lowest BCUT2D eigenvalue weighted by atomic mass is 9.71. The normalized spacial score (nSPS) is 11.5. The van der Waals surface area contributed by atoms with Crippen molar-refractivity contribution in [2.75, 3.05) is 0 Å². The van der Waals surface area contributed by atoms with Crippen molar-refractivity contribution in [1.29, 1.82) is 0 Å². The molecular formula is C74H48. The molecule has 14 rings (SSSR count). The van der Waals surface area contributed by atoms with Gasteiger partial charge in [0.2, 0.25) is 0 Å². The van der Waals surface area contributed by atoms with Crippen molar-refractivity contribution in [2.45, 2.75) is 0 Å². The highest BCUT2D eigenvalue weighted by atomic mass is 14.4. The number of fused-ring (bicyclic) bond motifs is 8. The molecule has 0 heterocycles. The average Bonchev–Trinajstić information content (AvgIpc) is 3.62. The fourth-order valence-corrected chi connectivity index (χ4v) is 12.3. The van der Waals surface area contributed by atoms with E-state index in [4.69, 9.17) is 0 Å². The number of benzene rings is 14. The molecule has 0 unspecified atom stereocenters. The topological polar surface area (TPSA) is 0 Å². The molecule has 0 fully saturated rings. The van der Waals surface area contributed by atoms with Crippen molar-refractivity contribution in [3.8, 4) is 89.0 Å². The maximum atomic E-state index is 2.36. The van der Waals surface area contributed by atoms with Gasteiger partial charge in [0.15, 0.2) is 0 Å². The van der Waals surface area contributed by atoms with Crippen molar-refractivity contribution in [1.82, 2.24) is 0 Å². The molecule has 0 aromatic heterocycles. The lowest BCUT2D eigenvalue weighted by Crippen LogP contribution is -2.03. The summed E-state index contributed by atoms with van der Waals surface area (Å²) >= 11 is 0. The van der Waals surface area contributed by atoms with Gasteiger partial charge in [0, 0.05) is 0 Å². The van der Waals surface area contributed by atoms with Crippen molar-refractivity contribution < 1.29 is 0 Å². The Kier molecular flexibility index (Phi) is 10.6. The van der Waals surface area contributed by atoms with E-state index in [-0.39, 0.29) is 0 Å². The molecule has 0 saturated carbocycles. The summed E-state index contributed by atoms with van der Waals surface area (Å²) in [7, 11) is 0. The quantitative estimate of drug-likeness (QED) is 0.105. The van der Waals surface area contributed by atoms with Gasteiger partial charge < -0.3 is 0 Å². The Hall–Kier alpha value is -9.62. The van der Waals surface area contributed by atoms with Gasteiger partial charge in [-0.25, -0.2) is 0 Å². The third kappa shape index (κ3) is 6.91. The number of hydrogen-bond donors (Lipinski definition) is 0. The summed E-state index contributed by atoms with van der Waals surface area (Å²) in [6.45, 7) is 0. The second-order valence-electron chi connectivity index (χ2n) is 19.3. The van der Waals surface area contributed by atoms with Gasteiger partial charge in [-0.15, -0.1) is 0 Å². The standard InChI is InChI=1S/C74H48/c1-9-29-49(30-10-1)61-62(50-31-11-2-12-32-50)64(52-35-15-4-16-36-52)72-68(56-43-23-8-24-44-56)74-66(54-39-19-6-20-40-54)70-60-48-28-26-46-58(60)57-45-25-27-47-59(57)69(70)65(53-37-17-5-18-38-53)73(74)67(55-41-21-7-22-42-55)71(72)63(61)51-33-13-3-14-34-51/h1-48H. The molecule has 14 aromatic carbocycles. The van der Waals surface area contributed by atoms with Crippen LogP contribution < -0.4 is 0 Å². The van der Waals surface area contributed by atoms with E-state index in [0.717, 1.165) is 33.4 Å². The maximum Gasteiger partial charge on any atom is -0.0000925 e. The smallest absolute Gasteiger partial charge is 0.0000925 e. The maximum absolute atomic E-state index is 2.36. The van der Waals surface area contributed by atoms with Crippen LogP contribution in [0.4, 0.5) is 0 Å². The molecule has 0 atom stereocenters. The van der Waals surface area contributed by atoms with Crippen LogP contribution >= 0.6 is 0 Å². The fourth-order valence-electron chi connectivity index (χ4n) is 12.3. The average molecular weight is 937 g/mol. The molecular weight excluding hydrogens is 889 g/mol. The predicted octanol–water partition coefficient (Wildman–Crippen LogP) is 20.8. The molecule has 0 spiro atoms. The van der Waals surface area contributed by atoms with Crippen LogP contribution in [0.5, 0.6) is 0 Å². The van der Waals surface area contributed by atoms with Gasteiger partial charge in [0.05, 0.1) is 0 Å². The third-order valence-corrected chi connectivity index (χ3v) is 15.2. The predicted molar refractivity (Wildman–Crippen MR) is 317 cm³/mol. The Morgan fingerprint density at radius 3 is 0.514 bits per heavy atom. The Morgan fingerprint density at radius 1 is 0.108 bits per heavy atom. The third-order valence-electron chi connectivity index (χ3n) is 15.2. The van der Waals surface area contributed by atoms with Crippen molar-refractivity contribution in [3.63, 3.8) is 0 Å². The van der Waals surface area contributed by atoms with Gasteiger partial charge in [-0.05, 0) is 143 Å². The van der Waals surface area contributed by atoms with Crippen LogP contribution in [0, 0.1) is 0 Å². The number of hydrogen-bond acceptors (Lipinski definition) is 0. The van der Waals surface area contributed by atoms with E-state index in [1.54, 1.807) is 0 Å². The van der Waals surface area contributed by atoms with E-state index in [1.807, 2.05) is 0 Å². The fraction of sp³-hybridized carbons (Fsp3) is 0. The molecule has 0 aliphatic rings. The van der Waals surface area contributed by atoms with E-state index in [9.17, 15) is 0 Å². The minimum atomic E-state index is 1.16. The van der Waals surface area contributed by atoms with E-state index < -0.39 is 0 Å². The molecule has 14 aromatic rings. The highest BCUT2D eigenvalue weighted by molar-refractivity contribution is 6.43. The minimum Gasteiger partial charge on any atom is -0.0622 e. The SMILES string of the molecule is c1ccc(-c2c(-c3ccccc3)c(-c3ccccc3)c3c(-c4ccccc4)c4c(-c5ccccc5)c5c6ccccc6c6ccccc6c5c(-c5ccccc5)c4c(-c4ccccc4)c3c2-c2ccccc2)cc1. The molecule has 0 nitrogen and oxygen atoms in total. The van der Waals surface area contributed by atoms with E-state index in [1.165, 1.54) is 109 Å². The lowest BCUT2D eigenvalue weighted by molar-refractivity contribution is 1.56. The van der Waals surface area contributed by atoms with Crippen LogP contribution in [-0.4, -0.2) is 0 Å². The van der Waals surface area contributed by atoms with E-state index in [0.29, 0.717) is 0 Å². The molecule has 0 N–H and O–H groups in total. The molecule has 0 bridgehead atoms. The van der Waals surface area contributed by atoms with Crippen molar-refractivity contribution >= 4 is 53.9 Å². The van der Waals surface area contributed by atoms with Crippen LogP contribution in [0.25, 0.3) is 143 Å².